The minimum absolute atomic E-state index is 0.223. The highest BCUT2D eigenvalue weighted by Crippen LogP contribution is 2.28. The van der Waals surface area contributed by atoms with Gasteiger partial charge in [-0.1, -0.05) is 39.7 Å². The van der Waals surface area contributed by atoms with E-state index in [2.05, 4.69) is 31.8 Å². The summed E-state index contributed by atoms with van der Waals surface area (Å²) in [4.78, 5) is 36.3. The molecule has 3 rings (SSSR count). The Morgan fingerprint density at radius 1 is 0.939 bits per heavy atom. The molecule has 168 valence electrons. The van der Waals surface area contributed by atoms with Crippen LogP contribution in [-0.2, 0) is 9.59 Å². The number of amides is 2. The maximum absolute atomic E-state index is 12.4. The van der Waals surface area contributed by atoms with E-state index in [0.29, 0.717) is 22.6 Å². The zero-order valence-corrected chi connectivity index (χ0v) is 19.4. The number of ether oxygens (including phenoxy) is 2. The van der Waals surface area contributed by atoms with Gasteiger partial charge in [-0.15, -0.1) is 0 Å². The summed E-state index contributed by atoms with van der Waals surface area (Å²) in [7, 11) is 1.43. The van der Waals surface area contributed by atoms with Crippen molar-refractivity contribution >= 4 is 45.6 Å². The van der Waals surface area contributed by atoms with Crippen molar-refractivity contribution in [3.8, 4) is 11.5 Å². The number of esters is 1. The highest BCUT2D eigenvalue weighted by molar-refractivity contribution is 9.10. The van der Waals surface area contributed by atoms with Crippen LogP contribution in [0.15, 0.2) is 76.3 Å². The van der Waals surface area contributed by atoms with Gasteiger partial charge >= 0.3 is 17.8 Å². The molecule has 0 aliphatic rings. The first-order valence-corrected chi connectivity index (χ1v) is 10.5. The van der Waals surface area contributed by atoms with Crippen LogP contribution >= 0.6 is 15.9 Å². The molecule has 0 heterocycles. The van der Waals surface area contributed by atoms with E-state index < -0.39 is 17.8 Å². The molecule has 0 aliphatic carbocycles. The number of nitrogens with zero attached hydrogens (tertiary/aromatic N) is 1. The van der Waals surface area contributed by atoms with Crippen LogP contribution in [0.5, 0.6) is 11.5 Å². The number of hydrogen-bond donors (Lipinski definition) is 2. The lowest BCUT2D eigenvalue weighted by Crippen LogP contribution is -2.32. The van der Waals surface area contributed by atoms with Gasteiger partial charge in [-0.3, -0.25) is 9.59 Å². The first-order chi connectivity index (χ1) is 15.9. The molecule has 0 radical (unpaired) electrons. The summed E-state index contributed by atoms with van der Waals surface area (Å²) in [6, 6.07) is 18.6. The Kier molecular flexibility index (Phi) is 7.93. The van der Waals surface area contributed by atoms with E-state index >= 15 is 0 Å². The number of carbonyl (C=O) groups is 3. The normalized spacial score (nSPS) is 10.5. The molecular weight excluding hydrogens is 490 g/mol. The molecule has 0 fully saturated rings. The van der Waals surface area contributed by atoms with E-state index in [0.717, 1.165) is 10.0 Å². The Hall–Kier alpha value is -3.98. The van der Waals surface area contributed by atoms with E-state index in [4.69, 9.17) is 9.47 Å². The van der Waals surface area contributed by atoms with Gasteiger partial charge < -0.3 is 14.8 Å². The fourth-order valence-electron chi connectivity index (χ4n) is 2.66. The van der Waals surface area contributed by atoms with Crippen LogP contribution in [-0.4, -0.2) is 31.1 Å². The Balaban J connectivity index is 1.60. The molecule has 9 heteroatoms. The molecule has 8 nitrogen and oxygen atoms in total. The standard InChI is InChI=1S/C24H20BrN3O5/c1-15-6-9-19(10-7-15)27-22(29)23(30)28-26-14-16-8-11-20(21(12-16)32-2)33-24(31)17-4-3-5-18(25)13-17/h3-14H,1-2H3,(H,27,29)(H,28,30). The topological polar surface area (TPSA) is 106 Å². The van der Waals surface area contributed by atoms with E-state index in [1.54, 1.807) is 54.6 Å². The van der Waals surface area contributed by atoms with Crippen molar-refractivity contribution in [2.75, 3.05) is 12.4 Å². The highest BCUT2D eigenvalue weighted by atomic mass is 79.9. The third-order valence-corrected chi connectivity index (χ3v) is 4.84. The number of halogens is 1. The second-order valence-electron chi connectivity index (χ2n) is 6.83. The van der Waals surface area contributed by atoms with E-state index in [-0.39, 0.29) is 5.75 Å². The van der Waals surface area contributed by atoms with Gasteiger partial charge in [-0.2, -0.15) is 5.10 Å². The zero-order valence-electron chi connectivity index (χ0n) is 17.8. The fourth-order valence-corrected chi connectivity index (χ4v) is 3.06. The first kappa shape index (κ1) is 23.7. The lowest BCUT2D eigenvalue weighted by Gasteiger charge is -2.10. The molecule has 3 aromatic carbocycles. The minimum Gasteiger partial charge on any atom is -0.493 e. The molecule has 0 saturated heterocycles. The number of anilines is 1. The zero-order chi connectivity index (χ0) is 23.8. The first-order valence-electron chi connectivity index (χ1n) is 9.72. The number of aryl methyl sites for hydroxylation is 1. The lowest BCUT2D eigenvalue weighted by molar-refractivity contribution is -0.136. The number of carbonyl (C=O) groups excluding carboxylic acids is 3. The minimum atomic E-state index is -0.918. The van der Waals surface area contributed by atoms with Crippen LogP contribution in [0.4, 0.5) is 5.69 Å². The third-order valence-electron chi connectivity index (χ3n) is 4.35. The maximum Gasteiger partial charge on any atom is 0.343 e. The summed E-state index contributed by atoms with van der Waals surface area (Å²) >= 11 is 3.31. The lowest BCUT2D eigenvalue weighted by atomic mass is 10.2. The van der Waals surface area contributed by atoms with Crippen molar-refractivity contribution in [2.45, 2.75) is 6.92 Å². The van der Waals surface area contributed by atoms with Gasteiger partial charge in [0.15, 0.2) is 11.5 Å². The largest absolute Gasteiger partial charge is 0.493 e. The van der Waals surface area contributed by atoms with Crippen molar-refractivity contribution in [3.05, 3.63) is 87.9 Å². The Labute approximate surface area is 198 Å². The van der Waals surface area contributed by atoms with Gasteiger partial charge in [0, 0.05) is 10.2 Å². The molecule has 0 saturated carbocycles. The molecule has 0 spiro atoms. The van der Waals surface area contributed by atoms with Gasteiger partial charge in [-0.25, -0.2) is 10.2 Å². The second-order valence-corrected chi connectivity index (χ2v) is 7.75. The molecule has 0 unspecified atom stereocenters. The number of hydrogen-bond acceptors (Lipinski definition) is 6. The molecule has 0 bridgehead atoms. The summed E-state index contributed by atoms with van der Waals surface area (Å²) in [5.41, 5.74) is 4.63. The summed E-state index contributed by atoms with van der Waals surface area (Å²) in [6.45, 7) is 1.92. The van der Waals surface area contributed by atoms with Crippen LogP contribution in [0.1, 0.15) is 21.5 Å². The average Bonchev–Trinajstić information content (AvgIpc) is 2.81. The van der Waals surface area contributed by atoms with Gasteiger partial charge in [0.1, 0.15) is 0 Å². The van der Waals surface area contributed by atoms with Crippen LogP contribution in [0.25, 0.3) is 0 Å². The van der Waals surface area contributed by atoms with Crippen LogP contribution < -0.4 is 20.2 Å². The SMILES string of the molecule is COc1cc(C=NNC(=O)C(=O)Nc2ccc(C)cc2)ccc1OC(=O)c1cccc(Br)c1. The second kappa shape index (κ2) is 11.1. The monoisotopic (exact) mass is 509 g/mol. The third kappa shape index (κ3) is 6.75. The van der Waals surface area contributed by atoms with Crippen molar-refractivity contribution in [1.29, 1.82) is 0 Å². The molecule has 0 atom stereocenters. The number of benzene rings is 3. The van der Waals surface area contributed by atoms with Crippen molar-refractivity contribution in [2.24, 2.45) is 5.10 Å². The summed E-state index contributed by atoms with van der Waals surface area (Å²) in [5.74, 6) is -1.78. The maximum atomic E-state index is 12.4. The average molecular weight is 510 g/mol. The number of rotatable bonds is 6. The summed E-state index contributed by atoms with van der Waals surface area (Å²) in [5, 5.41) is 6.27. The van der Waals surface area contributed by atoms with Gasteiger partial charge in [0.05, 0.1) is 18.9 Å². The van der Waals surface area contributed by atoms with Crippen LogP contribution in [0.3, 0.4) is 0 Å². The Morgan fingerprint density at radius 2 is 1.70 bits per heavy atom. The molecule has 2 amide bonds. The quantitative estimate of drug-likeness (QED) is 0.171. The van der Waals surface area contributed by atoms with Gasteiger partial charge in [-0.05, 0) is 61.0 Å². The molecule has 3 aromatic rings. The van der Waals surface area contributed by atoms with E-state index in [1.807, 2.05) is 19.1 Å². The van der Waals surface area contributed by atoms with Crippen molar-refractivity contribution in [3.63, 3.8) is 0 Å². The molecule has 33 heavy (non-hydrogen) atoms. The predicted molar refractivity (Wildman–Crippen MR) is 128 cm³/mol. The predicted octanol–water partition coefficient (Wildman–Crippen LogP) is 4.07. The Bertz CT molecular complexity index is 1210. The number of methoxy groups -OCH3 is 1. The van der Waals surface area contributed by atoms with Crippen LogP contribution in [0.2, 0.25) is 0 Å². The van der Waals surface area contributed by atoms with E-state index in [9.17, 15) is 14.4 Å². The highest BCUT2D eigenvalue weighted by Gasteiger charge is 2.14. The molecule has 2 N–H and O–H groups in total. The molecule has 0 aromatic heterocycles. The van der Waals surface area contributed by atoms with Gasteiger partial charge in [0.25, 0.3) is 0 Å². The van der Waals surface area contributed by atoms with Crippen molar-refractivity contribution < 1.29 is 23.9 Å². The van der Waals surface area contributed by atoms with Crippen LogP contribution in [0, 0.1) is 6.92 Å². The fraction of sp³-hybridized carbons (Fsp3) is 0.0833. The molecule has 0 aliphatic heterocycles. The van der Waals surface area contributed by atoms with Gasteiger partial charge in [0.2, 0.25) is 0 Å². The number of hydrazone groups is 1. The Morgan fingerprint density at radius 3 is 2.39 bits per heavy atom. The summed E-state index contributed by atoms with van der Waals surface area (Å²) in [6.07, 6.45) is 1.33. The van der Waals surface area contributed by atoms with Crippen molar-refractivity contribution in [1.82, 2.24) is 5.43 Å². The summed E-state index contributed by atoms with van der Waals surface area (Å²) < 4.78 is 11.5. The smallest absolute Gasteiger partial charge is 0.343 e. The van der Waals surface area contributed by atoms with E-state index in [1.165, 1.54) is 13.3 Å². The molecular formula is C24H20BrN3O5. The number of nitrogens with one attached hydrogen (secondary N) is 2.